The third-order valence-corrected chi connectivity index (χ3v) is 2.35. The lowest BCUT2D eigenvalue weighted by molar-refractivity contribution is 0.0737. The van der Waals surface area contributed by atoms with Gasteiger partial charge in [-0.25, -0.2) is 4.98 Å². The average molecular weight is 190 g/mol. The van der Waals surface area contributed by atoms with Crippen LogP contribution in [0.1, 0.15) is 25.2 Å². The zero-order valence-electron chi connectivity index (χ0n) is 8.65. The molecule has 0 aromatic carbocycles. The van der Waals surface area contributed by atoms with Gasteiger partial charge in [0.15, 0.2) is 0 Å². The third kappa shape index (κ3) is 1.30. The Bertz CT molecular complexity index is 466. The molecule has 0 aliphatic carbocycles. The lowest BCUT2D eigenvalue weighted by Gasteiger charge is -2.14. The Labute approximate surface area is 83.0 Å². The Morgan fingerprint density at radius 2 is 2.07 bits per heavy atom. The van der Waals surface area contributed by atoms with Gasteiger partial charge in [-0.3, -0.25) is 0 Å². The fourth-order valence-corrected chi connectivity index (χ4v) is 1.70. The predicted octanol–water partition coefficient (Wildman–Crippen LogP) is 1.87. The molecular formula is C11H14N2O. The summed E-state index contributed by atoms with van der Waals surface area (Å²) < 4.78 is 1.98. The summed E-state index contributed by atoms with van der Waals surface area (Å²) in [7, 11) is 0. The topological polar surface area (TPSA) is 37.5 Å². The molecule has 0 amide bonds. The van der Waals surface area contributed by atoms with Crippen LogP contribution in [0.25, 0.3) is 5.65 Å². The summed E-state index contributed by atoms with van der Waals surface area (Å²) in [6, 6.07) is 5.83. The van der Waals surface area contributed by atoms with Crippen LogP contribution in [0.4, 0.5) is 0 Å². The number of hydrogen-bond acceptors (Lipinski definition) is 2. The van der Waals surface area contributed by atoms with Gasteiger partial charge in [0, 0.05) is 11.9 Å². The maximum absolute atomic E-state index is 9.90. The summed E-state index contributed by atoms with van der Waals surface area (Å²) in [6.07, 6.45) is 1.95. The molecule has 2 heterocycles. The second-order valence-corrected chi connectivity index (χ2v) is 4.03. The standard InChI is InChI=1S/C11H14N2O/c1-8-10(11(2,3)14)12-9-6-4-5-7-13(8)9/h4-7,14H,1-3H3. The highest BCUT2D eigenvalue weighted by Gasteiger charge is 2.22. The molecule has 2 aromatic rings. The first kappa shape index (κ1) is 9.21. The quantitative estimate of drug-likeness (QED) is 0.745. The van der Waals surface area contributed by atoms with Gasteiger partial charge in [-0.15, -0.1) is 0 Å². The van der Waals surface area contributed by atoms with Crippen LogP contribution >= 0.6 is 0 Å². The fourth-order valence-electron chi connectivity index (χ4n) is 1.70. The van der Waals surface area contributed by atoms with E-state index in [0.717, 1.165) is 17.0 Å². The van der Waals surface area contributed by atoms with E-state index >= 15 is 0 Å². The van der Waals surface area contributed by atoms with E-state index in [1.807, 2.05) is 35.7 Å². The molecule has 2 rings (SSSR count). The number of pyridine rings is 1. The predicted molar refractivity (Wildman–Crippen MR) is 55.2 cm³/mol. The molecule has 0 spiro atoms. The van der Waals surface area contributed by atoms with Crippen LogP contribution in [0.2, 0.25) is 0 Å². The van der Waals surface area contributed by atoms with Crippen LogP contribution in [0, 0.1) is 6.92 Å². The number of imidazole rings is 1. The number of rotatable bonds is 1. The molecule has 3 nitrogen and oxygen atoms in total. The second-order valence-electron chi connectivity index (χ2n) is 4.03. The summed E-state index contributed by atoms with van der Waals surface area (Å²) in [5.41, 5.74) is 1.73. The monoisotopic (exact) mass is 190 g/mol. The van der Waals surface area contributed by atoms with Crippen molar-refractivity contribution in [2.45, 2.75) is 26.4 Å². The SMILES string of the molecule is Cc1c(C(C)(C)O)nc2ccccn12. The van der Waals surface area contributed by atoms with Crippen molar-refractivity contribution in [1.29, 1.82) is 0 Å². The van der Waals surface area contributed by atoms with Crippen molar-refractivity contribution >= 4 is 5.65 Å². The molecule has 2 aromatic heterocycles. The molecular weight excluding hydrogens is 176 g/mol. The van der Waals surface area contributed by atoms with E-state index in [0.29, 0.717) is 0 Å². The van der Waals surface area contributed by atoms with Crippen molar-refractivity contribution in [2.24, 2.45) is 0 Å². The van der Waals surface area contributed by atoms with Gasteiger partial charge in [0.25, 0.3) is 0 Å². The highest BCUT2D eigenvalue weighted by molar-refractivity contribution is 5.43. The lowest BCUT2D eigenvalue weighted by atomic mass is 10.0. The van der Waals surface area contributed by atoms with Crippen molar-refractivity contribution in [3.8, 4) is 0 Å². The number of aryl methyl sites for hydroxylation is 1. The smallest absolute Gasteiger partial charge is 0.137 e. The summed E-state index contributed by atoms with van der Waals surface area (Å²) in [4.78, 5) is 4.40. The zero-order chi connectivity index (χ0) is 10.3. The van der Waals surface area contributed by atoms with Crippen LogP contribution < -0.4 is 0 Å². The molecule has 0 aliphatic rings. The van der Waals surface area contributed by atoms with E-state index in [-0.39, 0.29) is 0 Å². The molecule has 3 heteroatoms. The minimum Gasteiger partial charge on any atom is -0.384 e. The van der Waals surface area contributed by atoms with E-state index < -0.39 is 5.60 Å². The van der Waals surface area contributed by atoms with Crippen molar-refractivity contribution in [3.05, 3.63) is 35.8 Å². The molecule has 0 radical (unpaired) electrons. The van der Waals surface area contributed by atoms with E-state index in [4.69, 9.17) is 0 Å². The number of hydrogen-bond donors (Lipinski definition) is 1. The second kappa shape index (κ2) is 2.82. The number of fused-ring (bicyclic) bond motifs is 1. The molecule has 0 aliphatic heterocycles. The summed E-state index contributed by atoms with van der Waals surface area (Å²) in [5.74, 6) is 0. The molecule has 0 bridgehead atoms. The number of nitrogens with zero attached hydrogens (tertiary/aromatic N) is 2. The van der Waals surface area contributed by atoms with Gasteiger partial charge in [-0.1, -0.05) is 6.07 Å². The van der Waals surface area contributed by atoms with Crippen molar-refractivity contribution in [1.82, 2.24) is 9.38 Å². The first-order chi connectivity index (χ1) is 6.50. The van der Waals surface area contributed by atoms with Crippen molar-refractivity contribution in [3.63, 3.8) is 0 Å². The Hall–Kier alpha value is -1.35. The highest BCUT2D eigenvalue weighted by atomic mass is 16.3. The van der Waals surface area contributed by atoms with Crippen molar-refractivity contribution < 1.29 is 5.11 Å². The number of aromatic nitrogens is 2. The molecule has 0 fully saturated rings. The van der Waals surface area contributed by atoms with Gasteiger partial charge in [-0.05, 0) is 32.9 Å². The fraction of sp³-hybridized carbons (Fsp3) is 0.364. The maximum atomic E-state index is 9.90. The van der Waals surface area contributed by atoms with Crippen LogP contribution in [-0.4, -0.2) is 14.5 Å². The Balaban J connectivity index is 2.75. The van der Waals surface area contributed by atoms with E-state index in [9.17, 15) is 5.11 Å². The maximum Gasteiger partial charge on any atom is 0.137 e. The highest BCUT2D eigenvalue weighted by Crippen LogP contribution is 2.23. The summed E-state index contributed by atoms with van der Waals surface area (Å²) in [5, 5.41) is 9.90. The van der Waals surface area contributed by atoms with Crippen LogP contribution in [0.3, 0.4) is 0 Å². The van der Waals surface area contributed by atoms with E-state index in [1.165, 1.54) is 0 Å². The van der Waals surface area contributed by atoms with Gasteiger partial charge in [0.1, 0.15) is 11.2 Å². The van der Waals surface area contributed by atoms with E-state index in [2.05, 4.69) is 4.98 Å². The molecule has 74 valence electrons. The third-order valence-electron chi connectivity index (χ3n) is 2.35. The Morgan fingerprint density at radius 1 is 1.36 bits per heavy atom. The van der Waals surface area contributed by atoms with Gasteiger partial charge in [0.05, 0.1) is 5.69 Å². The summed E-state index contributed by atoms with van der Waals surface area (Å²) >= 11 is 0. The van der Waals surface area contributed by atoms with Crippen molar-refractivity contribution in [2.75, 3.05) is 0 Å². The van der Waals surface area contributed by atoms with Gasteiger partial charge in [0.2, 0.25) is 0 Å². The Kier molecular flexibility index (Phi) is 1.86. The molecule has 0 unspecified atom stereocenters. The normalized spacial score (nSPS) is 12.3. The van der Waals surface area contributed by atoms with Crippen LogP contribution in [-0.2, 0) is 5.60 Å². The van der Waals surface area contributed by atoms with Crippen LogP contribution in [0.15, 0.2) is 24.4 Å². The molecule has 0 saturated heterocycles. The van der Waals surface area contributed by atoms with Crippen LogP contribution in [0.5, 0.6) is 0 Å². The first-order valence-electron chi connectivity index (χ1n) is 4.66. The van der Waals surface area contributed by atoms with E-state index in [1.54, 1.807) is 13.8 Å². The minimum absolute atomic E-state index is 0.740. The molecule has 1 N–H and O–H groups in total. The minimum atomic E-state index is -0.879. The molecule has 0 atom stereocenters. The molecule has 14 heavy (non-hydrogen) atoms. The van der Waals surface area contributed by atoms with Gasteiger partial charge < -0.3 is 9.51 Å². The number of aliphatic hydroxyl groups is 1. The molecule has 0 saturated carbocycles. The Morgan fingerprint density at radius 3 is 2.64 bits per heavy atom. The largest absolute Gasteiger partial charge is 0.384 e. The first-order valence-corrected chi connectivity index (χ1v) is 4.66. The average Bonchev–Trinajstić information content (AvgIpc) is 2.44. The van der Waals surface area contributed by atoms with Gasteiger partial charge >= 0.3 is 0 Å². The van der Waals surface area contributed by atoms with Gasteiger partial charge in [-0.2, -0.15) is 0 Å². The summed E-state index contributed by atoms with van der Waals surface area (Å²) in [6.45, 7) is 5.47. The zero-order valence-corrected chi connectivity index (χ0v) is 8.65. The lowest BCUT2D eigenvalue weighted by Crippen LogP contribution is -2.17.